The lowest BCUT2D eigenvalue weighted by atomic mass is 10.2. The van der Waals surface area contributed by atoms with E-state index in [9.17, 15) is 9.59 Å². The SMILES string of the molecule is CCSc1ccccc1C(=O)Nc1cc(-c2ccco2)nn1-c1nc(C)c(C)c(=O)[nH]1. The highest BCUT2D eigenvalue weighted by atomic mass is 32.2. The van der Waals surface area contributed by atoms with E-state index in [0.29, 0.717) is 34.1 Å². The molecule has 1 aromatic carbocycles. The quantitative estimate of drug-likeness (QED) is 0.440. The first-order valence-electron chi connectivity index (χ1n) is 9.73. The Hall–Kier alpha value is -3.59. The van der Waals surface area contributed by atoms with Gasteiger partial charge in [-0.2, -0.15) is 9.78 Å². The number of hydrogen-bond donors (Lipinski definition) is 2. The van der Waals surface area contributed by atoms with Crippen LogP contribution in [-0.2, 0) is 0 Å². The normalized spacial score (nSPS) is 10.9. The molecule has 158 valence electrons. The van der Waals surface area contributed by atoms with Crippen LogP contribution in [0.3, 0.4) is 0 Å². The first-order chi connectivity index (χ1) is 15.0. The van der Waals surface area contributed by atoms with E-state index in [-0.39, 0.29) is 17.4 Å². The van der Waals surface area contributed by atoms with Gasteiger partial charge in [0.2, 0.25) is 5.95 Å². The predicted octanol–water partition coefficient (Wildman–Crippen LogP) is 4.20. The van der Waals surface area contributed by atoms with Crippen molar-refractivity contribution in [2.45, 2.75) is 25.7 Å². The fraction of sp³-hybridized carbons (Fsp3) is 0.182. The summed E-state index contributed by atoms with van der Waals surface area (Å²) < 4.78 is 6.85. The van der Waals surface area contributed by atoms with E-state index in [1.807, 2.05) is 25.1 Å². The first kappa shape index (κ1) is 20.7. The van der Waals surface area contributed by atoms with Crippen LogP contribution in [0.4, 0.5) is 5.82 Å². The van der Waals surface area contributed by atoms with Crippen LogP contribution in [0.25, 0.3) is 17.4 Å². The van der Waals surface area contributed by atoms with Crippen LogP contribution in [0.15, 0.2) is 62.8 Å². The van der Waals surface area contributed by atoms with Crippen LogP contribution in [0.2, 0.25) is 0 Å². The van der Waals surface area contributed by atoms with E-state index in [1.165, 1.54) is 4.68 Å². The summed E-state index contributed by atoms with van der Waals surface area (Å²) in [5.74, 6) is 1.66. The van der Waals surface area contributed by atoms with Crippen LogP contribution in [0, 0.1) is 13.8 Å². The molecular weight excluding hydrogens is 414 g/mol. The van der Waals surface area contributed by atoms with Crippen molar-refractivity contribution >= 4 is 23.5 Å². The number of aromatic amines is 1. The molecule has 2 N–H and O–H groups in total. The van der Waals surface area contributed by atoms with Crippen molar-refractivity contribution in [3.63, 3.8) is 0 Å². The Balaban J connectivity index is 1.78. The van der Waals surface area contributed by atoms with Crippen LogP contribution in [0.1, 0.15) is 28.5 Å². The molecule has 0 aliphatic carbocycles. The fourth-order valence-corrected chi connectivity index (χ4v) is 3.83. The highest BCUT2D eigenvalue weighted by molar-refractivity contribution is 7.99. The van der Waals surface area contributed by atoms with Crippen molar-refractivity contribution in [3.05, 3.63) is 75.9 Å². The van der Waals surface area contributed by atoms with Gasteiger partial charge < -0.3 is 9.73 Å². The van der Waals surface area contributed by atoms with Gasteiger partial charge in [0.05, 0.1) is 11.8 Å². The minimum Gasteiger partial charge on any atom is -0.463 e. The second-order valence-corrected chi connectivity index (χ2v) is 8.09. The molecular formula is C22H21N5O3S. The second-order valence-electron chi connectivity index (χ2n) is 6.79. The average molecular weight is 436 g/mol. The lowest BCUT2D eigenvalue weighted by Crippen LogP contribution is -2.21. The molecule has 4 rings (SSSR count). The van der Waals surface area contributed by atoms with Crippen molar-refractivity contribution in [2.75, 3.05) is 11.1 Å². The summed E-state index contributed by atoms with van der Waals surface area (Å²) in [4.78, 5) is 33.4. The standard InChI is InChI=1S/C22H21N5O3S/c1-4-31-18-10-6-5-8-15(18)21(29)24-19-12-16(17-9-7-11-30-17)26-27(19)22-23-14(3)13(2)20(28)25-22/h5-12H,4H2,1-3H3,(H,24,29)(H,23,25,28). The number of aryl methyl sites for hydroxylation is 1. The molecule has 3 heterocycles. The van der Waals surface area contributed by atoms with E-state index in [1.54, 1.807) is 56.1 Å². The second kappa shape index (κ2) is 8.65. The number of anilines is 1. The summed E-state index contributed by atoms with van der Waals surface area (Å²) in [5.41, 5.74) is 1.90. The Morgan fingerprint density at radius 2 is 2.03 bits per heavy atom. The number of H-pyrrole nitrogens is 1. The topological polar surface area (TPSA) is 106 Å². The maximum absolute atomic E-state index is 13.1. The summed E-state index contributed by atoms with van der Waals surface area (Å²) in [5, 5.41) is 7.42. The molecule has 0 saturated heterocycles. The number of rotatable bonds is 6. The third kappa shape index (κ3) is 4.17. The molecule has 0 aliphatic rings. The number of carbonyl (C=O) groups excluding carboxylic acids is 1. The van der Waals surface area contributed by atoms with Gasteiger partial charge in [-0.15, -0.1) is 11.8 Å². The zero-order chi connectivity index (χ0) is 22.0. The van der Waals surface area contributed by atoms with Gasteiger partial charge in [-0.3, -0.25) is 14.6 Å². The molecule has 4 aromatic rings. The van der Waals surface area contributed by atoms with Crippen LogP contribution >= 0.6 is 11.8 Å². The summed E-state index contributed by atoms with van der Waals surface area (Å²) in [6, 6.07) is 12.6. The Morgan fingerprint density at radius 3 is 2.74 bits per heavy atom. The van der Waals surface area contributed by atoms with E-state index < -0.39 is 0 Å². The summed E-state index contributed by atoms with van der Waals surface area (Å²) >= 11 is 1.59. The molecule has 9 heteroatoms. The van der Waals surface area contributed by atoms with Crippen molar-refractivity contribution in [2.24, 2.45) is 0 Å². The molecule has 8 nitrogen and oxygen atoms in total. The Labute approximate surface area is 182 Å². The number of furan rings is 1. The highest BCUT2D eigenvalue weighted by Crippen LogP contribution is 2.26. The smallest absolute Gasteiger partial charge is 0.257 e. The number of benzene rings is 1. The fourth-order valence-electron chi connectivity index (χ4n) is 3.03. The summed E-state index contributed by atoms with van der Waals surface area (Å²) in [6.07, 6.45) is 1.54. The van der Waals surface area contributed by atoms with E-state index in [4.69, 9.17) is 4.42 Å². The summed E-state index contributed by atoms with van der Waals surface area (Å²) in [7, 11) is 0. The maximum Gasteiger partial charge on any atom is 0.257 e. The molecule has 0 saturated carbocycles. The van der Waals surface area contributed by atoms with Gasteiger partial charge in [0.15, 0.2) is 5.76 Å². The monoisotopic (exact) mass is 435 g/mol. The van der Waals surface area contributed by atoms with E-state index >= 15 is 0 Å². The van der Waals surface area contributed by atoms with Crippen molar-refractivity contribution in [1.82, 2.24) is 19.7 Å². The van der Waals surface area contributed by atoms with Crippen LogP contribution in [0.5, 0.6) is 0 Å². The highest BCUT2D eigenvalue weighted by Gasteiger charge is 2.19. The number of hydrogen-bond acceptors (Lipinski definition) is 6. The minimum atomic E-state index is -0.283. The molecule has 0 unspecified atom stereocenters. The van der Waals surface area contributed by atoms with Crippen LogP contribution in [-0.4, -0.2) is 31.4 Å². The molecule has 3 aromatic heterocycles. The lowest BCUT2D eigenvalue weighted by molar-refractivity contribution is 0.102. The Kier molecular flexibility index (Phi) is 5.77. The first-order valence-corrected chi connectivity index (χ1v) is 10.7. The molecule has 31 heavy (non-hydrogen) atoms. The van der Waals surface area contributed by atoms with E-state index in [0.717, 1.165) is 10.6 Å². The van der Waals surface area contributed by atoms with Gasteiger partial charge in [0.1, 0.15) is 11.5 Å². The average Bonchev–Trinajstić information content (AvgIpc) is 3.42. The number of nitrogens with zero attached hydrogens (tertiary/aromatic N) is 3. The summed E-state index contributed by atoms with van der Waals surface area (Å²) in [6.45, 7) is 5.49. The molecule has 0 radical (unpaired) electrons. The maximum atomic E-state index is 13.1. The third-order valence-corrected chi connectivity index (χ3v) is 5.69. The van der Waals surface area contributed by atoms with Gasteiger partial charge in [-0.1, -0.05) is 19.1 Å². The Bertz CT molecular complexity index is 1290. The molecule has 0 bridgehead atoms. The van der Waals surface area contributed by atoms with Gasteiger partial charge in [-0.05, 0) is 43.9 Å². The number of aromatic nitrogens is 4. The number of amides is 1. The molecule has 0 fully saturated rings. The van der Waals surface area contributed by atoms with Gasteiger partial charge >= 0.3 is 0 Å². The van der Waals surface area contributed by atoms with Gasteiger partial charge in [-0.25, -0.2) is 4.98 Å². The van der Waals surface area contributed by atoms with Crippen molar-refractivity contribution < 1.29 is 9.21 Å². The van der Waals surface area contributed by atoms with E-state index in [2.05, 4.69) is 20.4 Å². The van der Waals surface area contributed by atoms with Crippen molar-refractivity contribution in [1.29, 1.82) is 0 Å². The zero-order valence-electron chi connectivity index (χ0n) is 17.3. The molecule has 0 aliphatic heterocycles. The molecule has 0 atom stereocenters. The third-order valence-electron chi connectivity index (χ3n) is 4.74. The predicted molar refractivity (Wildman–Crippen MR) is 120 cm³/mol. The van der Waals surface area contributed by atoms with Gasteiger partial charge in [0.25, 0.3) is 11.5 Å². The molecule has 1 amide bonds. The number of thioether (sulfide) groups is 1. The van der Waals surface area contributed by atoms with Crippen LogP contribution < -0.4 is 10.9 Å². The lowest BCUT2D eigenvalue weighted by Gasteiger charge is -2.11. The minimum absolute atomic E-state index is 0.206. The largest absolute Gasteiger partial charge is 0.463 e. The Morgan fingerprint density at radius 1 is 1.23 bits per heavy atom. The zero-order valence-corrected chi connectivity index (χ0v) is 18.1. The van der Waals surface area contributed by atoms with Gasteiger partial charge in [0, 0.05) is 22.2 Å². The molecule has 0 spiro atoms. The van der Waals surface area contributed by atoms with Crippen molar-refractivity contribution in [3.8, 4) is 17.4 Å². The number of nitrogens with one attached hydrogen (secondary N) is 2. The number of carbonyl (C=O) groups is 1.